The first-order valence-electron chi connectivity index (χ1n) is 9.39. The molecule has 2 saturated carbocycles. The molecule has 1 heterocycles. The molecule has 1 aliphatic heterocycles. The molecule has 138 valence electrons. The van der Waals surface area contributed by atoms with Gasteiger partial charge in [0.1, 0.15) is 6.54 Å². The molecule has 2 aliphatic carbocycles. The number of rotatable bonds is 7. The molecule has 0 aromatic heterocycles. The molecule has 7 nitrogen and oxygen atoms in total. The van der Waals surface area contributed by atoms with Gasteiger partial charge < -0.3 is 5.32 Å². The number of hydrogen-bond donors (Lipinski definition) is 1. The number of imide groups is 2. The van der Waals surface area contributed by atoms with E-state index in [1.807, 2.05) is 13.8 Å². The maximum atomic E-state index is 12.3. The lowest BCUT2D eigenvalue weighted by Crippen LogP contribution is -2.46. The van der Waals surface area contributed by atoms with Gasteiger partial charge in [-0.1, -0.05) is 19.8 Å². The van der Waals surface area contributed by atoms with E-state index in [2.05, 4.69) is 5.32 Å². The predicted octanol–water partition coefficient (Wildman–Crippen LogP) is 1.52. The number of carbonyl (C=O) groups is 4. The van der Waals surface area contributed by atoms with Crippen LogP contribution in [0.5, 0.6) is 0 Å². The number of amides is 5. The fraction of sp³-hybridized carbons (Fsp3) is 0.778. The van der Waals surface area contributed by atoms with Crippen LogP contribution in [-0.2, 0) is 14.4 Å². The molecular formula is C18H27N3O4. The first-order valence-corrected chi connectivity index (χ1v) is 9.39. The number of fused-ring (bicyclic) bond motifs is 2. The monoisotopic (exact) mass is 349 g/mol. The molecule has 1 N–H and O–H groups in total. The van der Waals surface area contributed by atoms with Crippen LogP contribution in [0.3, 0.4) is 0 Å². The Hall–Kier alpha value is -1.92. The molecule has 2 bridgehead atoms. The third-order valence-electron chi connectivity index (χ3n) is 6.00. The van der Waals surface area contributed by atoms with Gasteiger partial charge in [0, 0.05) is 12.6 Å². The summed E-state index contributed by atoms with van der Waals surface area (Å²) < 4.78 is 0. The Labute approximate surface area is 148 Å². The molecule has 3 fully saturated rings. The maximum absolute atomic E-state index is 12.3. The minimum Gasteiger partial charge on any atom is -0.352 e. The Balaban J connectivity index is 1.54. The average Bonchev–Trinajstić information content (AvgIpc) is 3.26. The molecule has 0 spiro atoms. The van der Waals surface area contributed by atoms with Gasteiger partial charge in [-0.05, 0) is 50.4 Å². The van der Waals surface area contributed by atoms with Crippen LogP contribution in [0, 0.1) is 17.8 Å². The summed E-state index contributed by atoms with van der Waals surface area (Å²) in [6.45, 7) is 3.78. The molecule has 3 aliphatic rings. The van der Waals surface area contributed by atoms with Crippen LogP contribution >= 0.6 is 0 Å². The van der Waals surface area contributed by atoms with Gasteiger partial charge in [0.05, 0.1) is 0 Å². The van der Waals surface area contributed by atoms with Crippen LogP contribution in [0.25, 0.3) is 0 Å². The van der Waals surface area contributed by atoms with Crippen LogP contribution in [0.4, 0.5) is 4.79 Å². The van der Waals surface area contributed by atoms with Crippen molar-refractivity contribution < 1.29 is 19.2 Å². The second-order valence-corrected chi connectivity index (χ2v) is 7.68. The van der Waals surface area contributed by atoms with Gasteiger partial charge in [-0.25, -0.2) is 9.69 Å². The second kappa shape index (κ2) is 7.14. The lowest BCUT2D eigenvalue weighted by molar-refractivity contribution is -0.144. The fourth-order valence-electron chi connectivity index (χ4n) is 4.66. The molecule has 0 aromatic rings. The van der Waals surface area contributed by atoms with Crippen molar-refractivity contribution in [3.05, 3.63) is 0 Å². The summed E-state index contributed by atoms with van der Waals surface area (Å²) in [5.41, 5.74) is 0. The number of urea groups is 1. The first kappa shape index (κ1) is 17.9. The summed E-state index contributed by atoms with van der Waals surface area (Å²) in [6.07, 6.45) is 6.40. The van der Waals surface area contributed by atoms with E-state index in [1.54, 1.807) is 0 Å². The van der Waals surface area contributed by atoms with Crippen molar-refractivity contribution in [1.82, 2.24) is 15.1 Å². The van der Waals surface area contributed by atoms with Crippen molar-refractivity contribution in [3.63, 3.8) is 0 Å². The van der Waals surface area contributed by atoms with E-state index >= 15 is 0 Å². The summed E-state index contributed by atoms with van der Waals surface area (Å²) in [4.78, 5) is 50.2. The molecule has 4 unspecified atom stereocenters. The minimum absolute atomic E-state index is 0.0301. The molecule has 0 aromatic carbocycles. The molecular weight excluding hydrogens is 322 g/mol. The Kier molecular flexibility index (Phi) is 5.11. The van der Waals surface area contributed by atoms with E-state index in [0.717, 1.165) is 28.6 Å². The van der Waals surface area contributed by atoms with Gasteiger partial charge in [-0.15, -0.1) is 0 Å². The van der Waals surface area contributed by atoms with Crippen LogP contribution in [-0.4, -0.2) is 52.7 Å². The van der Waals surface area contributed by atoms with E-state index in [0.29, 0.717) is 18.3 Å². The highest BCUT2D eigenvalue weighted by Gasteiger charge is 2.45. The second-order valence-electron chi connectivity index (χ2n) is 7.68. The Morgan fingerprint density at radius 1 is 1.16 bits per heavy atom. The zero-order valence-electron chi connectivity index (χ0n) is 15.0. The lowest BCUT2D eigenvalue weighted by Gasteiger charge is -2.29. The third-order valence-corrected chi connectivity index (χ3v) is 6.00. The zero-order valence-corrected chi connectivity index (χ0v) is 15.0. The summed E-state index contributed by atoms with van der Waals surface area (Å²) in [6, 6.07) is -0.645. The maximum Gasteiger partial charge on any atom is 0.334 e. The summed E-state index contributed by atoms with van der Waals surface area (Å²) in [5.74, 6) is -0.143. The third kappa shape index (κ3) is 3.41. The van der Waals surface area contributed by atoms with Crippen LogP contribution < -0.4 is 5.32 Å². The topological polar surface area (TPSA) is 86.8 Å². The van der Waals surface area contributed by atoms with E-state index < -0.39 is 17.8 Å². The van der Waals surface area contributed by atoms with Gasteiger partial charge in [0.25, 0.3) is 0 Å². The van der Waals surface area contributed by atoms with Crippen LogP contribution in [0.1, 0.15) is 52.4 Å². The Morgan fingerprint density at radius 3 is 2.48 bits per heavy atom. The van der Waals surface area contributed by atoms with Gasteiger partial charge >= 0.3 is 17.8 Å². The molecule has 1 saturated heterocycles. The number of unbranched alkanes of at least 4 members (excludes halogenated alkanes) is 1. The standard InChI is InChI=1S/C18H27N3O4/c1-3-4-7-20-16(23)17(24)21(18(20)25)10-15(22)19-11(2)14-9-12-5-6-13(14)8-12/h11-14H,3-10H2,1-2H3,(H,19,22). The van der Waals surface area contributed by atoms with Crippen molar-refractivity contribution in [2.24, 2.45) is 17.8 Å². The highest BCUT2D eigenvalue weighted by atomic mass is 16.2. The van der Waals surface area contributed by atoms with E-state index in [-0.39, 0.29) is 25.0 Å². The average molecular weight is 349 g/mol. The fourth-order valence-corrected chi connectivity index (χ4v) is 4.66. The highest BCUT2D eigenvalue weighted by molar-refractivity contribution is 6.45. The normalized spacial score (nSPS) is 29.7. The van der Waals surface area contributed by atoms with E-state index in [1.165, 1.54) is 19.3 Å². The largest absolute Gasteiger partial charge is 0.352 e. The van der Waals surface area contributed by atoms with Gasteiger partial charge in [-0.3, -0.25) is 19.3 Å². The van der Waals surface area contributed by atoms with Gasteiger partial charge in [-0.2, -0.15) is 0 Å². The molecule has 7 heteroatoms. The number of nitrogens with one attached hydrogen (secondary N) is 1. The van der Waals surface area contributed by atoms with Crippen molar-refractivity contribution in [3.8, 4) is 0 Å². The summed E-state index contributed by atoms with van der Waals surface area (Å²) in [5, 5.41) is 2.93. The van der Waals surface area contributed by atoms with Crippen molar-refractivity contribution in [2.75, 3.05) is 13.1 Å². The van der Waals surface area contributed by atoms with Crippen molar-refractivity contribution >= 4 is 23.8 Å². The SMILES string of the molecule is CCCCN1C(=O)C(=O)N(CC(=O)NC(C)C2CC3CCC2C3)C1=O. The Bertz CT molecular complexity index is 591. The van der Waals surface area contributed by atoms with Gasteiger partial charge in [0.2, 0.25) is 5.91 Å². The summed E-state index contributed by atoms with van der Waals surface area (Å²) in [7, 11) is 0. The van der Waals surface area contributed by atoms with Crippen LogP contribution in [0.2, 0.25) is 0 Å². The molecule has 0 radical (unpaired) electrons. The predicted molar refractivity (Wildman–Crippen MR) is 90.3 cm³/mol. The minimum atomic E-state index is -0.899. The summed E-state index contributed by atoms with van der Waals surface area (Å²) >= 11 is 0. The smallest absolute Gasteiger partial charge is 0.334 e. The number of nitrogens with zero attached hydrogens (tertiary/aromatic N) is 2. The first-order chi connectivity index (χ1) is 11.9. The van der Waals surface area contributed by atoms with Crippen molar-refractivity contribution in [1.29, 1.82) is 0 Å². The highest BCUT2D eigenvalue weighted by Crippen LogP contribution is 2.49. The lowest BCUT2D eigenvalue weighted by atomic mass is 9.84. The number of carbonyl (C=O) groups excluding carboxylic acids is 4. The molecule has 3 rings (SSSR count). The van der Waals surface area contributed by atoms with Crippen LogP contribution in [0.15, 0.2) is 0 Å². The Morgan fingerprint density at radius 2 is 1.88 bits per heavy atom. The van der Waals surface area contributed by atoms with E-state index in [4.69, 9.17) is 0 Å². The molecule has 5 amide bonds. The molecule has 4 atom stereocenters. The molecule has 25 heavy (non-hydrogen) atoms. The number of hydrogen-bond acceptors (Lipinski definition) is 4. The van der Waals surface area contributed by atoms with Gasteiger partial charge in [0.15, 0.2) is 0 Å². The zero-order chi connectivity index (χ0) is 18.1. The quantitative estimate of drug-likeness (QED) is 0.558. The van der Waals surface area contributed by atoms with Crippen molar-refractivity contribution in [2.45, 2.75) is 58.4 Å². The van der Waals surface area contributed by atoms with E-state index in [9.17, 15) is 19.2 Å².